The lowest BCUT2D eigenvalue weighted by Gasteiger charge is -2.18. The van der Waals surface area contributed by atoms with Gasteiger partial charge in [0.05, 0.1) is 5.70 Å². The first kappa shape index (κ1) is 9.08. The highest BCUT2D eigenvalue weighted by Gasteiger charge is 2.24. The Balaban J connectivity index is 2.38. The van der Waals surface area contributed by atoms with Gasteiger partial charge in [-0.15, -0.1) is 0 Å². The third-order valence-corrected chi connectivity index (χ3v) is 2.79. The lowest BCUT2D eigenvalue weighted by molar-refractivity contribution is -0.113. The first-order chi connectivity index (χ1) is 6.68. The van der Waals surface area contributed by atoms with Gasteiger partial charge in [-0.3, -0.25) is 4.79 Å². The van der Waals surface area contributed by atoms with E-state index in [1.165, 1.54) is 11.8 Å². The lowest BCUT2D eigenvalue weighted by atomic mass is 10.2. The van der Waals surface area contributed by atoms with E-state index in [-0.39, 0.29) is 5.91 Å². The molecule has 0 saturated heterocycles. The number of aliphatic imine (C=N–C) groups is 1. The van der Waals surface area contributed by atoms with Gasteiger partial charge in [0.2, 0.25) is 0 Å². The monoisotopic (exact) mass is 207 g/mol. The van der Waals surface area contributed by atoms with Crippen LogP contribution in [0, 0.1) is 0 Å². The number of nitrogens with two attached hydrogens (primary N) is 1. The van der Waals surface area contributed by atoms with Crippen LogP contribution in [0.3, 0.4) is 0 Å². The minimum Gasteiger partial charge on any atom is -0.378 e. The Bertz CT molecular complexity index is 406. The molecule has 1 amide bonds. The summed E-state index contributed by atoms with van der Waals surface area (Å²) in [4.78, 5) is 17.5. The third kappa shape index (κ3) is 1.46. The summed E-state index contributed by atoms with van der Waals surface area (Å²) in [6, 6.07) is 0. The van der Waals surface area contributed by atoms with Gasteiger partial charge in [-0.1, -0.05) is 6.08 Å². The first-order valence-corrected chi connectivity index (χ1v) is 4.88. The second-order valence-electron chi connectivity index (χ2n) is 2.88. The van der Waals surface area contributed by atoms with Crippen LogP contribution in [0.2, 0.25) is 0 Å². The highest BCUT2D eigenvalue weighted by molar-refractivity contribution is 8.18. The molecule has 0 bridgehead atoms. The summed E-state index contributed by atoms with van der Waals surface area (Å²) in [7, 11) is 1.88. The number of amides is 1. The van der Waals surface area contributed by atoms with Crippen LogP contribution >= 0.6 is 11.8 Å². The molecule has 0 aromatic rings. The van der Waals surface area contributed by atoms with Crippen molar-refractivity contribution in [3.05, 3.63) is 35.0 Å². The van der Waals surface area contributed by atoms with Gasteiger partial charge in [-0.05, 0) is 23.9 Å². The van der Waals surface area contributed by atoms with Gasteiger partial charge in [0.1, 0.15) is 4.91 Å². The minimum absolute atomic E-state index is 0.255. The van der Waals surface area contributed by atoms with Crippen molar-refractivity contribution in [2.24, 2.45) is 10.7 Å². The van der Waals surface area contributed by atoms with E-state index in [0.717, 1.165) is 5.70 Å². The average molecular weight is 207 g/mol. The number of carbonyl (C=O) groups is 1. The van der Waals surface area contributed by atoms with Crippen molar-refractivity contribution in [2.75, 3.05) is 7.05 Å². The van der Waals surface area contributed by atoms with Crippen LogP contribution in [0.1, 0.15) is 0 Å². The molecule has 14 heavy (non-hydrogen) atoms. The largest absolute Gasteiger partial charge is 0.378 e. The number of amidine groups is 1. The van der Waals surface area contributed by atoms with Crippen LogP contribution in [0.5, 0.6) is 0 Å². The Labute approximate surface area is 85.9 Å². The molecule has 0 radical (unpaired) electrons. The number of thioether (sulfide) groups is 1. The molecule has 0 aromatic heterocycles. The Kier molecular flexibility index (Phi) is 2.17. The van der Waals surface area contributed by atoms with Crippen LogP contribution in [0.25, 0.3) is 0 Å². The van der Waals surface area contributed by atoms with Gasteiger partial charge in [-0.2, -0.15) is 4.99 Å². The van der Waals surface area contributed by atoms with Gasteiger partial charge < -0.3 is 10.6 Å². The Morgan fingerprint density at radius 3 is 2.86 bits per heavy atom. The molecule has 0 aromatic carbocycles. The number of likely N-dealkylation sites (N-methyl/N-ethyl adjacent to an activating group) is 1. The third-order valence-electron chi connectivity index (χ3n) is 1.90. The van der Waals surface area contributed by atoms with Crippen molar-refractivity contribution in [3.63, 3.8) is 0 Å². The smallest absolute Gasteiger partial charge is 0.288 e. The van der Waals surface area contributed by atoms with E-state index >= 15 is 0 Å². The molecule has 0 spiro atoms. The van der Waals surface area contributed by atoms with Gasteiger partial charge in [0, 0.05) is 13.2 Å². The molecule has 4 nitrogen and oxygen atoms in total. The molecular weight excluding hydrogens is 198 g/mol. The molecule has 72 valence electrons. The van der Waals surface area contributed by atoms with Gasteiger partial charge in [-0.25, -0.2) is 0 Å². The van der Waals surface area contributed by atoms with Gasteiger partial charge in [0.25, 0.3) is 5.91 Å². The fraction of sp³-hybridized carbons (Fsp3) is 0.111. The normalized spacial score (nSPS) is 25.9. The van der Waals surface area contributed by atoms with Crippen molar-refractivity contribution in [1.29, 1.82) is 0 Å². The molecule has 2 aliphatic rings. The number of carbonyl (C=O) groups excluding carboxylic acids is 1. The van der Waals surface area contributed by atoms with E-state index in [4.69, 9.17) is 5.73 Å². The molecular formula is C9H9N3OS. The number of hydrogen-bond acceptors (Lipinski definition) is 4. The first-order valence-electron chi connectivity index (χ1n) is 4.07. The van der Waals surface area contributed by atoms with E-state index in [9.17, 15) is 4.79 Å². The number of rotatable bonds is 0. The molecule has 2 aliphatic heterocycles. The van der Waals surface area contributed by atoms with Gasteiger partial charge in [0.15, 0.2) is 5.17 Å². The van der Waals surface area contributed by atoms with Crippen molar-refractivity contribution in [1.82, 2.24) is 4.90 Å². The molecule has 0 fully saturated rings. The molecule has 2 N–H and O–H groups in total. The standard InChI is InChI=1S/C9H9N3OS/c1-12-5-3-2-4-6(12)7-8(13)11-9(10)14-7/h2-5H,1H3,(H2,10,11,13)/b7-6-. The highest BCUT2D eigenvalue weighted by atomic mass is 32.2. The van der Waals surface area contributed by atoms with Crippen molar-refractivity contribution in [2.45, 2.75) is 0 Å². The Morgan fingerprint density at radius 2 is 2.29 bits per heavy atom. The topological polar surface area (TPSA) is 58.7 Å². The maximum Gasteiger partial charge on any atom is 0.288 e. The highest BCUT2D eigenvalue weighted by Crippen LogP contribution is 2.30. The minimum atomic E-state index is -0.255. The van der Waals surface area contributed by atoms with E-state index in [1.54, 1.807) is 0 Å². The fourth-order valence-corrected chi connectivity index (χ4v) is 2.03. The molecule has 0 aliphatic carbocycles. The predicted octanol–water partition coefficient (Wildman–Crippen LogP) is 0.801. The summed E-state index contributed by atoms with van der Waals surface area (Å²) in [5.41, 5.74) is 6.30. The van der Waals surface area contributed by atoms with Crippen LogP contribution < -0.4 is 5.73 Å². The van der Waals surface area contributed by atoms with E-state index in [0.29, 0.717) is 10.1 Å². The number of nitrogens with zero attached hydrogens (tertiary/aromatic N) is 2. The molecule has 2 rings (SSSR count). The maximum absolute atomic E-state index is 11.4. The van der Waals surface area contributed by atoms with Crippen LogP contribution in [-0.2, 0) is 4.79 Å². The van der Waals surface area contributed by atoms with Crippen LogP contribution in [0.4, 0.5) is 0 Å². The second kappa shape index (κ2) is 3.34. The van der Waals surface area contributed by atoms with E-state index in [2.05, 4.69) is 4.99 Å². The summed E-state index contributed by atoms with van der Waals surface area (Å²) in [6.45, 7) is 0. The SMILES string of the molecule is CN1C=CC=C/C1=C1/SC(N)=NC1=O. The van der Waals surface area contributed by atoms with Crippen LogP contribution in [0.15, 0.2) is 40.0 Å². The van der Waals surface area contributed by atoms with E-state index < -0.39 is 0 Å². The zero-order valence-corrected chi connectivity index (χ0v) is 8.41. The molecule has 0 atom stereocenters. The summed E-state index contributed by atoms with van der Waals surface area (Å²) < 4.78 is 0. The summed E-state index contributed by atoms with van der Waals surface area (Å²) in [5, 5.41) is 0.314. The van der Waals surface area contributed by atoms with Gasteiger partial charge >= 0.3 is 0 Å². The van der Waals surface area contributed by atoms with Crippen LogP contribution in [-0.4, -0.2) is 23.0 Å². The molecule has 5 heteroatoms. The Hall–Kier alpha value is -1.49. The fourth-order valence-electron chi connectivity index (χ4n) is 1.24. The molecule has 0 saturated carbocycles. The zero-order valence-electron chi connectivity index (χ0n) is 7.60. The lowest BCUT2D eigenvalue weighted by Crippen LogP contribution is -2.13. The molecule has 0 unspecified atom stereocenters. The van der Waals surface area contributed by atoms with Crippen molar-refractivity contribution < 1.29 is 4.79 Å². The summed E-state index contributed by atoms with van der Waals surface area (Å²) in [6.07, 6.45) is 7.53. The number of hydrogen-bond donors (Lipinski definition) is 1. The van der Waals surface area contributed by atoms with Crippen molar-refractivity contribution in [3.8, 4) is 0 Å². The summed E-state index contributed by atoms with van der Waals surface area (Å²) in [5.74, 6) is -0.255. The predicted molar refractivity (Wildman–Crippen MR) is 57.3 cm³/mol. The quantitative estimate of drug-likeness (QED) is 0.597. The average Bonchev–Trinajstić information content (AvgIpc) is 2.46. The summed E-state index contributed by atoms with van der Waals surface area (Å²) >= 11 is 1.21. The maximum atomic E-state index is 11.4. The number of allylic oxidation sites excluding steroid dienone is 3. The molecule has 2 heterocycles. The zero-order chi connectivity index (χ0) is 10.1. The van der Waals surface area contributed by atoms with Crippen molar-refractivity contribution >= 4 is 22.8 Å². The second-order valence-corrected chi connectivity index (χ2v) is 3.91. The Morgan fingerprint density at radius 1 is 1.50 bits per heavy atom. The van der Waals surface area contributed by atoms with E-state index in [1.807, 2.05) is 36.4 Å².